The number of anilines is 1. The molecule has 110 valence electrons. The van der Waals surface area contributed by atoms with Crippen molar-refractivity contribution >= 4 is 22.6 Å². The predicted molar refractivity (Wildman–Crippen MR) is 80.6 cm³/mol. The predicted octanol–water partition coefficient (Wildman–Crippen LogP) is 1.83. The molecule has 2 amide bonds. The number of aromatic amines is 1. The fourth-order valence-corrected chi connectivity index (χ4v) is 2.44. The van der Waals surface area contributed by atoms with Gasteiger partial charge in [-0.1, -0.05) is 12.1 Å². The van der Waals surface area contributed by atoms with Crippen LogP contribution in [0.4, 0.5) is 10.5 Å². The molecule has 1 atom stereocenters. The molecule has 1 aromatic heterocycles. The third kappa shape index (κ3) is 3.05. The summed E-state index contributed by atoms with van der Waals surface area (Å²) < 4.78 is 5.42. The summed E-state index contributed by atoms with van der Waals surface area (Å²) in [6.07, 6.45) is 3.57. The van der Waals surface area contributed by atoms with Crippen molar-refractivity contribution in [1.29, 1.82) is 0 Å². The third-order valence-corrected chi connectivity index (χ3v) is 3.55. The van der Waals surface area contributed by atoms with Crippen molar-refractivity contribution in [3.8, 4) is 0 Å². The Balaban J connectivity index is 1.68. The Labute approximate surface area is 121 Å². The zero-order chi connectivity index (χ0) is 14.7. The Morgan fingerprint density at radius 1 is 1.38 bits per heavy atom. The molecule has 0 bridgehead atoms. The molecule has 1 aliphatic heterocycles. The molecule has 0 radical (unpaired) electrons. The number of para-hydroxylation sites is 1. The zero-order valence-electron chi connectivity index (χ0n) is 11.5. The minimum absolute atomic E-state index is 0.0747. The van der Waals surface area contributed by atoms with Crippen LogP contribution in [0.25, 0.3) is 10.9 Å². The van der Waals surface area contributed by atoms with Crippen LogP contribution in [0.1, 0.15) is 12.8 Å². The highest BCUT2D eigenvalue weighted by Gasteiger charge is 2.16. The van der Waals surface area contributed by atoms with Crippen LogP contribution in [0.2, 0.25) is 0 Å². The molecule has 6 nitrogen and oxygen atoms in total. The first-order chi connectivity index (χ1) is 10.2. The highest BCUT2D eigenvalue weighted by molar-refractivity contribution is 5.91. The van der Waals surface area contributed by atoms with Gasteiger partial charge >= 0.3 is 6.03 Å². The van der Waals surface area contributed by atoms with E-state index in [1.165, 1.54) is 6.20 Å². The lowest BCUT2D eigenvalue weighted by Gasteiger charge is -2.11. The lowest BCUT2D eigenvalue weighted by molar-refractivity contribution is 0.112. The number of hydrogen-bond donors (Lipinski definition) is 3. The summed E-state index contributed by atoms with van der Waals surface area (Å²) in [4.78, 5) is 27.1. The van der Waals surface area contributed by atoms with Crippen molar-refractivity contribution in [3.63, 3.8) is 0 Å². The summed E-state index contributed by atoms with van der Waals surface area (Å²) in [7, 11) is 0. The van der Waals surface area contributed by atoms with Crippen LogP contribution in [-0.2, 0) is 4.74 Å². The number of benzene rings is 1. The summed E-state index contributed by atoms with van der Waals surface area (Å²) in [5.74, 6) is 0. The van der Waals surface area contributed by atoms with Gasteiger partial charge in [-0.3, -0.25) is 4.79 Å². The molecule has 1 saturated heterocycles. The lowest BCUT2D eigenvalue weighted by Crippen LogP contribution is -2.36. The van der Waals surface area contributed by atoms with Gasteiger partial charge in [-0.15, -0.1) is 0 Å². The molecule has 0 saturated carbocycles. The van der Waals surface area contributed by atoms with Gasteiger partial charge in [0.15, 0.2) is 0 Å². The van der Waals surface area contributed by atoms with E-state index in [0.717, 1.165) is 25.0 Å². The molecule has 1 fully saturated rings. The number of fused-ring (bicyclic) bond motifs is 1. The first-order valence-corrected chi connectivity index (χ1v) is 7.01. The molecule has 0 spiro atoms. The second kappa shape index (κ2) is 5.97. The molecular weight excluding hydrogens is 270 g/mol. The van der Waals surface area contributed by atoms with Crippen molar-refractivity contribution < 1.29 is 9.53 Å². The molecule has 1 aliphatic rings. The number of carbonyl (C=O) groups excluding carboxylic acids is 1. The molecule has 1 aromatic carbocycles. The molecule has 2 aromatic rings. The molecule has 21 heavy (non-hydrogen) atoms. The third-order valence-electron chi connectivity index (χ3n) is 3.55. The smallest absolute Gasteiger partial charge is 0.319 e. The Morgan fingerprint density at radius 3 is 3.05 bits per heavy atom. The van der Waals surface area contributed by atoms with E-state index in [-0.39, 0.29) is 17.2 Å². The summed E-state index contributed by atoms with van der Waals surface area (Å²) in [5.41, 5.74) is 0.781. The molecule has 6 heteroatoms. The average molecular weight is 287 g/mol. The van der Waals surface area contributed by atoms with Crippen molar-refractivity contribution in [2.45, 2.75) is 18.9 Å². The van der Waals surface area contributed by atoms with E-state index < -0.39 is 6.03 Å². The van der Waals surface area contributed by atoms with Crippen molar-refractivity contribution in [2.75, 3.05) is 18.5 Å². The number of aromatic nitrogens is 1. The lowest BCUT2D eigenvalue weighted by atomic mass is 10.2. The highest BCUT2D eigenvalue weighted by Crippen LogP contribution is 2.11. The number of urea groups is 1. The fraction of sp³-hybridized carbons (Fsp3) is 0.333. The van der Waals surface area contributed by atoms with E-state index in [4.69, 9.17) is 4.74 Å². The number of carbonyl (C=O) groups is 1. The van der Waals surface area contributed by atoms with Gasteiger partial charge in [0.25, 0.3) is 0 Å². The molecule has 2 heterocycles. The molecule has 3 N–H and O–H groups in total. The molecule has 3 rings (SSSR count). The SMILES string of the molecule is O=C(NC[C@H]1CCCO1)Nc1c[nH]c2ccccc2c1=O. The largest absolute Gasteiger partial charge is 0.376 e. The van der Waals surface area contributed by atoms with E-state index in [0.29, 0.717) is 11.9 Å². The Hall–Kier alpha value is -2.34. The van der Waals surface area contributed by atoms with E-state index in [1.807, 2.05) is 12.1 Å². The van der Waals surface area contributed by atoms with Gasteiger partial charge in [-0.05, 0) is 25.0 Å². The quantitative estimate of drug-likeness (QED) is 0.805. The number of nitrogens with one attached hydrogen (secondary N) is 3. The van der Waals surface area contributed by atoms with Gasteiger partial charge in [-0.2, -0.15) is 0 Å². The van der Waals surface area contributed by atoms with Gasteiger partial charge < -0.3 is 20.4 Å². The topological polar surface area (TPSA) is 83.2 Å². The van der Waals surface area contributed by atoms with Crippen LogP contribution in [0, 0.1) is 0 Å². The first kappa shape index (κ1) is 13.6. The number of pyridine rings is 1. The average Bonchev–Trinajstić information content (AvgIpc) is 3.02. The minimum atomic E-state index is -0.397. The summed E-state index contributed by atoms with van der Waals surface area (Å²) in [6.45, 7) is 1.20. The number of H-pyrrole nitrogens is 1. The van der Waals surface area contributed by atoms with Crippen molar-refractivity contribution in [1.82, 2.24) is 10.3 Å². The van der Waals surface area contributed by atoms with Crippen LogP contribution in [0.15, 0.2) is 35.3 Å². The zero-order valence-corrected chi connectivity index (χ0v) is 11.5. The number of rotatable bonds is 3. The standard InChI is InChI=1S/C15H17N3O3/c19-14-11-5-1-2-6-12(11)16-9-13(14)18-15(20)17-8-10-4-3-7-21-10/h1-2,5-6,9-10H,3-4,7-8H2,(H,16,19)(H2,17,18,20)/t10-/m1/s1. The van der Waals surface area contributed by atoms with Crippen LogP contribution in [-0.4, -0.2) is 30.3 Å². The highest BCUT2D eigenvalue weighted by atomic mass is 16.5. The molecule has 0 aliphatic carbocycles. The Bertz CT molecular complexity index is 705. The van der Waals surface area contributed by atoms with Gasteiger partial charge in [0.2, 0.25) is 5.43 Å². The number of ether oxygens (including phenoxy) is 1. The van der Waals surface area contributed by atoms with Gasteiger partial charge in [0.1, 0.15) is 5.69 Å². The van der Waals surface area contributed by atoms with E-state index in [9.17, 15) is 9.59 Å². The summed E-state index contributed by atoms with van der Waals surface area (Å²) in [5, 5.41) is 5.85. The van der Waals surface area contributed by atoms with Gasteiger partial charge in [-0.25, -0.2) is 4.79 Å². The first-order valence-electron chi connectivity index (χ1n) is 7.01. The van der Waals surface area contributed by atoms with Gasteiger partial charge in [0, 0.05) is 30.3 Å². The second-order valence-electron chi connectivity index (χ2n) is 5.05. The maximum Gasteiger partial charge on any atom is 0.319 e. The fourth-order valence-electron chi connectivity index (χ4n) is 2.44. The van der Waals surface area contributed by atoms with E-state index in [1.54, 1.807) is 12.1 Å². The monoisotopic (exact) mass is 287 g/mol. The maximum absolute atomic E-state index is 12.2. The van der Waals surface area contributed by atoms with E-state index >= 15 is 0 Å². The van der Waals surface area contributed by atoms with Crippen molar-refractivity contribution in [2.24, 2.45) is 0 Å². The van der Waals surface area contributed by atoms with Crippen LogP contribution >= 0.6 is 0 Å². The van der Waals surface area contributed by atoms with Crippen LogP contribution < -0.4 is 16.1 Å². The van der Waals surface area contributed by atoms with E-state index in [2.05, 4.69) is 15.6 Å². The van der Waals surface area contributed by atoms with Gasteiger partial charge in [0.05, 0.1) is 6.10 Å². The minimum Gasteiger partial charge on any atom is -0.376 e. The summed E-state index contributed by atoms with van der Waals surface area (Å²) >= 11 is 0. The van der Waals surface area contributed by atoms with Crippen LogP contribution in [0.5, 0.6) is 0 Å². The molecular formula is C15H17N3O3. The normalized spacial score (nSPS) is 17.8. The summed E-state index contributed by atoms with van der Waals surface area (Å²) in [6, 6.07) is 6.78. The number of hydrogen-bond acceptors (Lipinski definition) is 3. The Morgan fingerprint density at radius 2 is 2.24 bits per heavy atom. The number of amides is 2. The maximum atomic E-state index is 12.2. The van der Waals surface area contributed by atoms with Crippen LogP contribution in [0.3, 0.4) is 0 Å². The van der Waals surface area contributed by atoms with Crippen molar-refractivity contribution in [3.05, 3.63) is 40.7 Å². The molecule has 0 unspecified atom stereocenters. The Kier molecular flexibility index (Phi) is 3.87. The second-order valence-corrected chi connectivity index (χ2v) is 5.05.